The summed E-state index contributed by atoms with van der Waals surface area (Å²) >= 11 is 1.53. The van der Waals surface area contributed by atoms with Gasteiger partial charge in [0.25, 0.3) is 5.91 Å². The number of aliphatic hydroxyl groups excluding tert-OH is 1. The first kappa shape index (κ1) is 10.6. The van der Waals surface area contributed by atoms with Gasteiger partial charge in [-0.1, -0.05) is 0 Å². The maximum Gasteiger partial charge on any atom is 0.252 e. The molecule has 0 aromatic carbocycles. The van der Waals surface area contributed by atoms with Crippen molar-refractivity contribution in [2.24, 2.45) is 5.41 Å². The topological polar surface area (TPSA) is 49.3 Å². The Labute approximate surface area is 93.1 Å². The molecular formula is C11H15NO2S. The minimum Gasteiger partial charge on any atom is -0.396 e. The molecule has 1 saturated carbocycles. The summed E-state index contributed by atoms with van der Waals surface area (Å²) in [5.41, 5.74) is 0.931. The highest BCUT2D eigenvalue weighted by atomic mass is 32.1. The lowest BCUT2D eigenvalue weighted by Crippen LogP contribution is -2.30. The van der Waals surface area contributed by atoms with Crippen LogP contribution in [0.4, 0.5) is 0 Å². The van der Waals surface area contributed by atoms with E-state index in [1.165, 1.54) is 11.3 Å². The molecule has 0 radical (unpaired) electrons. The Morgan fingerprint density at radius 2 is 2.40 bits per heavy atom. The molecule has 1 aliphatic rings. The van der Waals surface area contributed by atoms with Crippen molar-refractivity contribution in [1.29, 1.82) is 0 Å². The lowest BCUT2D eigenvalue weighted by Gasteiger charge is -2.13. The van der Waals surface area contributed by atoms with Gasteiger partial charge in [0.1, 0.15) is 0 Å². The van der Waals surface area contributed by atoms with Gasteiger partial charge in [0.2, 0.25) is 0 Å². The Morgan fingerprint density at radius 3 is 2.93 bits per heavy atom. The summed E-state index contributed by atoms with van der Waals surface area (Å²) in [4.78, 5) is 11.6. The van der Waals surface area contributed by atoms with Crippen LogP contribution in [0, 0.1) is 5.41 Å². The van der Waals surface area contributed by atoms with Gasteiger partial charge in [0, 0.05) is 24.1 Å². The fourth-order valence-electron chi connectivity index (χ4n) is 1.69. The minimum atomic E-state index is 0.000430. The largest absolute Gasteiger partial charge is 0.396 e. The molecule has 1 fully saturated rings. The van der Waals surface area contributed by atoms with E-state index in [0.29, 0.717) is 6.54 Å². The van der Waals surface area contributed by atoms with Crippen molar-refractivity contribution in [3.05, 3.63) is 22.4 Å². The zero-order valence-corrected chi connectivity index (χ0v) is 9.35. The molecule has 1 aromatic heterocycles. The Hall–Kier alpha value is -0.870. The molecule has 1 heterocycles. The van der Waals surface area contributed by atoms with Crippen LogP contribution in [0.1, 0.15) is 29.6 Å². The molecule has 2 rings (SSSR count). The van der Waals surface area contributed by atoms with Gasteiger partial charge in [-0.05, 0) is 36.1 Å². The molecule has 0 aliphatic heterocycles. The average Bonchev–Trinajstić information content (AvgIpc) is 2.81. The number of rotatable bonds is 5. The Kier molecular flexibility index (Phi) is 3.07. The van der Waals surface area contributed by atoms with Gasteiger partial charge in [0.05, 0.1) is 0 Å². The molecule has 0 spiro atoms. The fraction of sp³-hybridized carbons (Fsp3) is 0.545. The molecule has 0 saturated heterocycles. The first-order chi connectivity index (χ1) is 7.26. The predicted octanol–water partition coefficient (Wildman–Crippen LogP) is 1.64. The van der Waals surface area contributed by atoms with Crippen LogP contribution in [0.2, 0.25) is 0 Å². The third-order valence-corrected chi connectivity index (χ3v) is 3.69. The van der Waals surface area contributed by atoms with Crippen molar-refractivity contribution in [2.75, 3.05) is 13.2 Å². The van der Waals surface area contributed by atoms with Crippen molar-refractivity contribution >= 4 is 17.2 Å². The van der Waals surface area contributed by atoms with Gasteiger partial charge in [-0.25, -0.2) is 0 Å². The van der Waals surface area contributed by atoms with Gasteiger partial charge in [0.15, 0.2) is 0 Å². The molecular weight excluding hydrogens is 210 g/mol. The summed E-state index contributed by atoms with van der Waals surface area (Å²) in [6, 6.07) is 1.83. The predicted molar refractivity (Wildman–Crippen MR) is 60.0 cm³/mol. The number of amides is 1. The average molecular weight is 225 g/mol. The van der Waals surface area contributed by atoms with Gasteiger partial charge < -0.3 is 10.4 Å². The summed E-state index contributed by atoms with van der Waals surface area (Å²) < 4.78 is 0. The quantitative estimate of drug-likeness (QED) is 0.800. The molecule has 1 aliphatic carbocycles. The van der Waals surface area contributed by atoms with Crippen molar-refractivity contribution in [3.8, 4) is 0 Å². The summed E-state index contributed by atoms with van der Waals surface area (Å²) in [6.45, 7) is 0.913. The first-order valence-electron chi connectivity index (χ1n) is 5.17. The van der Waals surface area contributed by atoms with Crippen molar-refractivity contribution in [2.45, 2.75) is 19.3 Å². The second kappa shape index (κ2) is 4.33. The van der Waals surface area contributed by atoms with Crippen LogP contribution in [0.3, 0.4) is 0 Å². The van der Waals surface area contributed by atoms with E-state index in [1.54, 1.807) is 0 Å². The molecule has 2 N–H and O–H groups in total. The van der Waals surface area contributed by atoms with E-state index in [2.05, 4.69) is 5.32 Å². The van der Waals surface area contributed by atoms with Crippen LogP contribution < -0.4 is 5.32 Å². The molecule has 0 bridgehead atoms. The lowest BCUT2D eigenvalue weighted by molar-refractivity contribution is 0.0941. The van der Waals surface area contributed by atoms with Gasteiger partial charge in [-0.2, -0.15) is 11.3 Å². The number of aliphatic hydroxyl groups is 1. The maximum atomic E-state index is 11.6. The maximum absolute atomic E-state index is 11.6. The Morgan fingerprint density at radius 1 is 1.60 bits per heavy atom. The third-order valence-electron chi connectivity index (χ3n) is 3.01. The minimum absolute atomic E-state index is 0.000430. The highest BCUT2D eigenvalue weighted by Gasteiger charge is 2.41. The molecule has 0 atom stereocenters. The molecule has 15 heavy (non-hydrogen) atoms. The Balaban J connectivity index is 1.81. The van der Waals surface area contributed by atoms with Crippen LogP contribution in [-0.2, 0) is 0 Å². The van der Waals surface area contributed by atoms with Crippen molar-refractivity contribution < 1.29 is 9.90 Å². The van der Waals surface area contributed by atoms with E-state index >= 15 is 0 Å². The molecule has 4 heteroatoms. The summed E-state index contributed by atoms with van der Waals surface area (Å²) in [6.07, 6.45) is 3.05. The second-order valence-corrected chi connectivity index (χ2v) is 4.95. The van der Waals surface area contributed by atoms with Crippen LogP contribution in [0.5, 0.6) is 0 Å². The van der Waals surface area contributed by atoms with Crippen LogP contribution in [0.15, 0.2) is 16.8 Å². The smallest absolute Gasteiger partial charge is 0.252 e. The third kappa shape index (κ3) is 2.58. The second-order valence-electron chi connectivity index (χ2n) is 4.17. The number of carbonyl (C=O) groups is 1. The zero-order chi connectivity index (χ0) is 10.7. The summed E-state index contributed by atoms with van der Waals surface area (Å²) in [7, 11) is 0. The highest BCUT2D eigenvalue weighted by molar-refractivity contribution is 7.08. The van der Waals surface area contributed by atoms with Gasteiger partial charge in [-0.15, -0.1) is 0 Å². The fourth-order valence-corrected chi connectivity index (χ4v) is 2.33. The molecule has 1 amide bonds. The van der Waals surface area contributed by atoms with E-state index in [4.69, 9.17) is 5.11 Å². The van der Waals surface area contributed by atoms with Crippen LogP contribution in [0.25, 0.3) is 0 Å². The highest BCUT2D eigenvalue weighted by Crippen LogP contribution is 2.47. The SMILES string of the molecule is O=C(NCC1(CCO)CC1)c1ccsc1. The monoisotopic (exact) mass is 225 g/mol. The van der Waals surface area contributed by atoms with Crippen LogP contribution >= 0.6 is 11.3 Å². The number of thiophene rings is 1. The number of carbonyl (C=O) groups excluding carboxylic acids is 1. The lowest BCUT2D eigenvalue weighted by atomic mass is 10.0. The van der Waals surface area contributed by atoms with Crippen molar-refractivity contribution in [3.63, 3.8) is 0 Å². The normalized spacial score (nSPS) is 17.4. The number of nitrogens with one attached hydrogen (secondary N) is 1. The Bertz CT molecular complexity index is 330. The molecule has 1 aromatic rings. The van der Waals surface area contributed by atoms with Crippen LogP contribution in [-0.4, -0.2) is 24.2 Å². The summed E-state index contributed by atoms with van der Waals surface area (Å²) in [5, 5.41) is 15.6. The molecule has 3 nitrogen and oxygen atoms in total. The zero-order valence-electron chi connectivity index (χ0n) is 8.53. The molecule has 0 unspecified atom stereocenters. The van der Waals surface area contributed by atoms with E-state index in [9.17, 15) is 4.79 Å². The number of hydrogen-bond donors (Lipinski definition) is 2. The molecule has 82 valence electrons. The van der Waals surface area contributed by atoms with Crippen molar-refractivity contribution in [1.82, 2.24) is 5.32 Å². The van der Waals surface area contributed by atoms with E-state index < -0.39 is 0 Å². The number of hydrogen-bond acceptors (Lipinski definition) is 3. The first-order valence-corrected chi connectivity index (χ1v) is 6.11. The van der Waals surface area contributed by atoms with Gasteiger partial charge >= 0.3 is 0 Å². The summed E-state index contributed by atoms with van der Waals surface area (Å²) in [5.74, 6) is 0.000430. The van der Waals surface area contributed by atoms with E-state index in [-0.39, 0.29) is 17.9 Å². The standard InChI is InChI=1S/C11H15NO2S/c13-5-4-11(2-3-11)8-12-10(14)9-1-6-15-7-9/h1,6-7,13H,2-5,8H2,(H,12,14). The van der Waals surface area contributed by atoms with E-state index in [0.717, 1.165) is 24.8 Å². The van der Waals surface area contributed by atoms with Gasteiger partial charge in [-0.3, -0.25) is 4.79 Å². The van der Waals surface area contributed by atoms with E-state index in [1.807, 2.05) is 16.8 Å².